The van der Waals surface area contributed by atoms with E-state index in [-0.39, 0.29) is 5.91 Å². The average Bonchev–Trinajstić information content (AvgIpc) is 3.34. The Bertz CT molecular complexity index is 917. The molecule has 0 aliphatic carbocycles. The molecule has 0 radical (unpaired) electrons. The van der Waals surface area contributed by atoms with Gasteiger partial charge < -0.3 is 14.2 Å². The number of hydrogen-bond acceptors (Lipinski definition) is 5. The lowest BCUT2D eigenvalue weighted by molar-refractivity contribution is 0.0992. The molecular formula is C19H19N3O2S2. The molecule has 0 N–H and O–H groups in total. The number of rotatable bonds is 4. The number of amides is 1. The lowest BCUT2D eigenvalue weighted by Crippen LogP contribution is -2.28. The third-order valence-corrected chi connectivity index (χ3v) is 6.89. The maximum atomic E-state index is 13.4. The Balaban J connectivity index is 1.75. The van der Waals surface area contributed by atoms with Gasteiger partial charge in [0.1, 0.15) is 5.00 Å². The lowest BCUT2D eigenvalue weighted by Gasteiger charge is -2.20. The second-order valence-corrected chi connectivity index (χ2v) is 8.19. The van der Waals surface area contributed by atoms with Crippen LogP contribution in [0.15, 0.2) is 42.9 Å². The molecule has 134 valence electrons. The largest absolute Gasteiger partial charge is 0.481 e. The molecule has 0 atom stereocenters. The maximum absolute atomic E-state index is 13.4. The molecule has 0 saturated heterocycles. The predicted octanol–water partition coefficient (Wildman–Crippen LogP) is 4.01. The highest BCUT2D eigenvalue weighted by Crippen LogP contribution is 2.39. The first kappa shape index (κ1) is 17.2. The molecule has 0 aromatic carbocycles. The topological polar surface area (TPSA) is 47.4 Å². The van der Waals surface area contributed by atoms with Gasteiger partial charge >= 0.3 is 0 Å². The van der Waals surface area contributed by atoms with E-state index in [2.05, 4.69) is 4.98 Å². The Morgan fingerprint density at radius 1 is 1.31 bits per heavy atom. The van der Waals surface area contributed by atoms with E-state index < -0.39 is 0 Å². The van der Waals surface area contributed by atoms with Gasteiger partial charge in [-0.2, -0.15) is 11.8 Å². The predicted molar refractivity (Wildman–Crippen MR) is 107 cm³/mol. The Labute approximate surface area is 160 Å². The summed E-state index contributed by atoms with van der Waals surface area (Å²) in [6.07, 6.45) is 6.60. The van der Waals surface area contributed by atoms with Gasteiger partial charge in [-0.05, 0) is 35.9 Å². The van der Waals surface area contributed by atoms with Gasteiger partial charge in [0, 0.05) is 36.1 Å². The van der Waals surface area contributed by atoms with Gasteiger partial charge in [-0.3, -0.25) is 4.79 Å². The minimum absolute atomic E-state index is 0.00469. The van der Waals surface area contributed by atoms with Crippen LogP contribution in [0.5, 0.6) is 5.88 Å². The second kappa shape index (κ2) is 7.17. The van der Waals surface area contributed by atoms with E-state index in [1.54, 1.807) is 42.7 Å². The van der Waals surface area contributed by atoms with Crippen LogP contribution in [0.4, 0.5) is 5.69 Å². The standard InChI is InChI=1S/C19H19N3O2S2/c1-21(13-5-6-16(24-2)20-11-13)18(23)17-14-7-10-25-12-15(14)26-19(17)22-8-3-4-9-22/h3-6,8-9,11H,7,10,12H2,1-2H3. The van der Waals surface area contributed by atoms with Crippen molar-refractivity contribution in [2.75, 3.05) is 24.8 Å². The molecule has 0 bridgehead atoms. The van der Waals surface area contributed by atoms with Crippen molar-refractivity contribution in [1.82, 2.24) is 9.55 Å². The Kier molecular flexibility index (Phi) is 4.74. The zero-order valence-corrected chi connectivity index (χ0v) is 16.3. The zero-order valence-electron chi connectivity index (χ0n) is 14.6. The van der Waals surface area contributed by atoms with E-state index in [1.165, 1.54) is 10.4 Å². The summed E-state index contributed by atoms with van der Waals surface area (Å²) in [6, 6.07) is 7.59. The summed E-state index contributed by atoms with van der Waals surface area (Å²) in [6.45, 7) is 0. The summed E-state index contributed by atoms with van der Waals surface area (Å²) >= 11 is 3.66. The van der Waals surface area contributed by atoms with Gasteiger partial charge in [0.05, 0.1) is 24.6 Å². The minimum Gasteiger partial charge on any atom is -0.481 e. The number of hydrogen-bond donors (Lipinski definition) is 0. The average molecular weight is 386 g/mol. The number of methoxy groups -OCH3 is 1. The fourth-order valence-electron chi connectivity index (χ4n) is 3.07. The molecule has 7 heteroatoms. The summed E-state index contributed by atoms with van der Waals surface area (Å²) in [5.41, 5.74) is 2.77. The number of anilines is 1. The third kappa shape index (κ3) is 3.01. The normalized spacial score (nSPS) is 13.3. The molecule has 0 unspecified atom stereocenters. The van der Waals surface area contributed by atoms with Crippen molar-refractivity contribution in [2.45, 2.75) is 12.2 Å². The summed E-state index contributed by atoms with van der Waals surface area (Å²) in [5.74, 6) is 2.58. The Morgan fingerprint density at radius 3 is 2.81 bits per heavy atom. The van der Waals surface area contributed by atoms with Gasteiger partial charge in [0.25, 0.3) is 5.91 Å². The molecule has 4 rings (SSSR count). The van der Waals surface area contributed by atoms with Crippen molar-refractivity contribution in [3.05, 3.63) is 58.9 Å². The summed E-state index contributed by atoms with van der Waals surface area (Å²) in [5, 5.41) is 1.00. The Hall–Kier alpha value is -2.25. The molecule has 26 heavy (non-hydrogen) atoms. The summed E-state index contributed by atoms with van der Waals surface area (Å²) < 4.78 is 7.15. The molecule has 0 fully saturated rings. The first-order valence-corrected chi connectivity index (χ1v) is 10.3. The third-order valence-electron chi connectivity index (χ3n) is 4.48. The number of ether oxygens (including phenoxy) is 1. The van der Waals surface area contributed by atoms with Crippen LogP contribution in [0.1, 0.15) is 20.8 Å². The number of carbonyl (C=O) groups excluding carboxylic acids is 1. The van der Waals surface area contributed by atoms with Gasteiger partial charge in [-0.1, -0.05) is 0 Å². The van der Waals surface area contributed by atoms with Crippen LogP contribution in [0.25, 0.3) is 5.00 Å². The molecule has 0 saturated carbocycles. The van der Waals surface area contributed by atoms with Crippen molar-refractivity contribution in [3.63, 3.8) is 0 Å². The van der Waals surface area contributed by atoms with Crippen LogP contribution < -0.4 is 9.64 Å². The number of carbonyl (C=O) groups is 1. The fraction of sp³-hybridized carbons (Fsp3) is 0.263. The van der Waals surface area contributed by atoms with Crippen molar-refractivity contribution in [1.29, 1.82) is 0 Å². The quantitative estimate of drug-likeness (QED) is 0.681. The second-order valence-electron chi connectivity index (χ2n) is 6.00. The van der Waals surface area contributed by atoms with Gasteiger partial charge in [-0.25, -0.2) is 4.98 Å². The van der Waals surface area contributed by atoms with E-state index in [9.17, 15) is 4.79 Å². The molecule has 5 nitrogen and oxygen atoms in total. The van der Waals surface area contributed by atoms with Crippen LogP contribution >= 0.6 is 23.1 Å². The highest BCUT2D eigenvalue weighted by molar-refractivity contribution is 7.98. The maximum Gasteiger partial charge on any atom is 0.261 e. The van der Waals surface area contributed by atoms with Crippen LogP contribution in [0.3, 0.4) is 0 Å². The number of pyridine rings is 1. The molecule has 4 heterocycles. The van der Waals surface area contributed by atoms with Crippen LogP contribution in [-0.4, -0.2) is 35.4 Å². The zero-order chi connectivity index (χ0) is 18.1. The molecule has 3 aromatic heterocycles. The summed E-state index contributed by atoms with van der Waals surface area (Å²) in [7, 11) is 3.38. The van der Waals surface area contributed by atoms with Gasteiger partial charge in [-0.15, -0.1) is 11.3 Å². The number of thioether (sulfide) groups is 1. The van der Waals surface area contributed by atoms with Crippen LogP contribution in [0.2, 0.25) is 0 Å². The highest BCUT2D eigenvalue weighted by Gasteiger charge is 2.28. The fourth-order valence-corrected chi connectivity index (χ4v) is 5.51. The SMILES string of the molecule is COc1ccc(N(C)C(=O)c2c(-n3cccc3)sc3c2CCSC3)cn1. The van der Waals surface area contributed by atoms with E-state index in [4.69, 9.17) is 4.74 Å². The number of thiophene rings is 1. The van der Waals surface area contributed by atoms with Crippen molar-refractivity contribution in [3.8, 4) is 10.9 Å². The molecule has 1 amide bonds. The molecule has 1 aliphatic rings. The summed E-state index contributed by atoms with van der Waals surface area (Å²) in [4.78, 5) is 20.6. The lowest BCUT2D eigenvalue weighted by atomic mass is 10.1. The minimum atomic E-state index is 0.00469. The van der Waals surface area contributed by atoms with Crippen LogP contribution in [-0.2, 0) is 12.2 Å². The van der Waals surface area contributed by atoms with Crippen molar-refractivity contribution >= 4 is 34.7 Å². The van der Waals surface area contributed by atoms with E-state index in [0.717, 1.165) is 34.2 Å². The molecule has 0 spiro atoms. The number of nitrogens with zero attached hydrogens (tertiary/aromatic N) is 3. The first-order chi connectivity index (χ1) is 12.7. The van der Waals surface area contributed by atoms with E-state index >= 15 is 0 Å². The van der Waals surface area contributed by atoms with E-state index in [0.29, 0.717) is 5.88 Å². The van der Waals surface area contributed by atoms with E-state index in [1.807, 2.05) is 46.9 Å². The van der Waals surface area contributed by atoms with Gasteiger partial charge in [0.15, 0.2) is 0 Å². The molecular weight excluding hydrogens is 366 g/mol. The smallest absolute Gasteiger partial charge is 0.261 e. The Morgan fingerprint density at radius 2 is 2.12 bits per heavy atom. The monoisotopic (exact) mass is 385 g/mol. The van der Waals surface area contributed by atoms with Gasteiger partial charge in [0.2, 0.25) is 5.88 Å². The molecule has 3 aromatic rings. The van der Waals surface area contributed by atoms with Crippen LogP contribution in [0, 0.1) is 0 Å². The highest BCUT2D eigenvalue weighted by atomic mass is 32.2. The number of aromatic nitrogens is 2. The van der Waals surface area contributed by atoms with Crippen molar-refractivity contribution in [2.24, 2.45) is 0 Å². The number of fused-ring (bicyclic) bond motifs is 1. The first-order valence-electron chi connectivity index (χ1n) is 8.32. The molecule has 1 aliphatic heterocycles. The van der Waals surface area contributed by atoms with Crippen molar-refractivity contribution < 1.29 is 9.53 Å².